The number of carbonyl (C=O) groups is 1. The van der Waals surface area contributed by atoms with Gasteiger partial charge in [-0.15, -0.1) is 0 Å². The Morgan fingerprint density at radius 3 is 2.53 bits per heavy atom. The molecule has 5 rings (SSSR count). The molecule has 2 aliphatic rings. The Balaban J connectivity index is 1.48. The van der Waals surface area contributed by atoms with Gasteiger partial charge in [-0.1, -0.05) is 6.07 Å². The van der Waals surface area contributed by atoms with Crippen LogP contribution < -0.4 is 4.74 Å². The second-order valence-corrected chi connectivity index (χ2v) is 9.32. The van der Waals surface area contributed by atoms with Gasteiger partial charge >= 0.3 is 0 Å². The topological polar surface area (TPSA) is 67.6 Å². The lowest BCUT2D eigenvalue weighted by molar-refractivity contribution is -0.142. The smallest absolute Gasteiger partial charge is 0.250 e. The van der Waals surface area contributed by atoms with E-state index >= 15 is 0 Å². The zero-order chi connectivity index (χ0) is 25.6. The van der Waals surface area contributed by atoms with Gasteiger partial charge in [0.1, 0.15) is 5.75 Å². The van der Waals surface area contributed by atoms with Crippen LogP contribution in [0, 0.1) is 24.4 Å². The molecule has 2 aromatic carbocycles. The van der Waals surface area contributed by atoms with Gasteiger partial charge in [0.2, 0.25) is 0 Å². The molecule has 2 fully saturated rings. The van der Waals surface area contributed by atoms with Crippen molar-refractivity contribution in [2.24, 2.45) is 0 Å². The SMILES string of the molecule is COc1cc(/C=C2\CC[C@@H]3CC[C@H](O)[C@@H](c4cc(F)c(F)c(F)c4)N3C2=O)ccc1-n1cnc(C)c1. The van der Waals surface area contributed by atoms with Gasteiger partial charge < -0.3 is 19.3 Å². The third kappa shape index (κ3) is 4.28. The zero-order valence-corrected chi connectivity index (χ0v) is 19.9. The molecule has 188 valence electrons. The highest BCUT2D eigenvalue weighted by Gasteiger charge is 2.43. The van der Waals surface area contributed by atoms with E-state index in [2.05, 4.69) is 4.98 Å². The Morgan fingerprint density at radius 1 is 1.11 bits per heavy atom. The van der Waals surface area contributed by atoms with Crippen molar-refractivity contribution in [1.82, 2.24) is 14.5 Å². The molecule has 2 aliphatic heterocycles. The number of aliphatic hydroxyl groups is 1. The van der Waals surface area contributed by atoms with Gasteiger partial charge in [0, 0.05) is 17.8 Å². The van der Waals surface area contributed by atoms with Gasteiger partial charge in [-0.25, -0.2) is 18.2 Å². The van der Waals surface area contributed by atoms with Crippen LogP contribution in [0.2, 0.25) is 0 Å². The van der Waals surface area contributed by atoms with Crippen LogP contribution in [0.25, 0.3) is 11.8 Å². The summed E-state index contributed by atoms with van der Waals surface area (Å²) in [6, 6.07) is 6.14. The van der Waals surface area contributed by atoms with Gasteiger partial charge in [-0.05, 0) is 74.1 Å². The van der Waals surface area contributed by atoms with Crippen molar-refractivity contribution in [2.45, 2.75) is 50.8 Å². The molecule has 1 N–H and O–H groups in total. The third-order valence-electron chi connectivity index (χ3n) is 6.99. The van der Waals surface area contributed by atoms with E-state index in [-0.39, 0.29) is 17.5 Å². The lowest BCUT2D eigenvalue weighted by Crippen LogP contribution is -2.53. The number of rotatable bonds is 4. The fourth-order valence-electron chi connectivity index (χ4n) is 5.26. The Hall–Kier alpha value is -3.59. The van der Waals surface area contributed by atoms with E-state index < -0.39 is 29.6 Å². The fraction of sp³-hybridized carbons (Fsp3) is 0.333. The first-order chi connectivity index (χ1) is 17.3. The summed E-state index contributed by atoms with van der Waals surface area (Å²) in [5.74, 6) is -3.98. The van der Waals surface area contributed by atoms with Gasteiger partial charge in [-0.2, -0.15) is 0 Å². The first-order valence-electron chi connectivity index (χ1n) is 11.8. The van der Waals surface area contributed by atoms with Crippen LogP contribution >= 0.6 is 0 Å². The number of aliphatic hydroxyl groups excluding tert-OH is 1. The summed E-state index contributed by atoms with van der Waals surface area (Å²) in [5.41, 5.74) is 2.98. The minimum atomic E-state index is -1.57. The molecule has 0 aliphatic carbocycles. The molecule has 9 heteroatoms. The van der Waals surface area contributed by atoms with Gasteiger partial charge in [-0.3, -0.25) is 4.79 Å². The van der Waals surface area contributed by atoms with Gasteiger partial charge in [0.15, 0.2) is 17.5 Å². The van der Waals surface area contributed by atoms with E-state index in [1.807, 2.05) is 35.9 Å². The van der Waals surface area contributed by atoms with Crippen LogP contribution in [0.4, 0.5) is 13.2 Å². The monoisotopic (exact) mass is 497 g/mol. The molecule has 36 heavy (non-hydrogen) atoms. The first-order valence-corrected chi connectivity index (χ1v) is 11.8. The molecule has 1 aromatic heterocycles. The average molecular weight is 498 g/mol. The molecule has 3 heterocycles. The summed E-state index contributed by atoms with van der Waals surface area (Å²) < 4.78 is 49.0. The molecule has 0 unspecified atom stereocenters. The molecule has 0 spiro atoms. The summed E-state index contributed by atoms with van der Waals surface area (Å²) >= 11 is 0. The van der Waals surface area contributed by atoms with Crippen molar-refractivity contribution in [1.29, 1.82) is 0 Å². The lowest BCUT2D eigenvalue weighted by atomic mass is 9.82. The lowest BCUT2D eigenvalue weighted by Gasteiger charge is -2.48. The number of benzene rings is 2. The highest BCUT2D eigenvalue weighted by atomic mass is 19.2. The van der Waals surface area contributed by atoms with Crippen molar-refractivity contribution in [3.8, 4) is 11.4 Å². The number of piperidine rings is 2. The number of aromatic nitrogens is 2. The molecule has 0 saturated carbocycles. The maximum atomic E-state index is 14.0. The van der Waals surface area contributed by atoms with Gasteiger partial charge in [0.25, 0.3) is 5.91 Å². The van der Waals surface area contributed by atoms with Crippen LogP contribution in [-0.4, -0.2) is 44.7 Å². The van der Waals surface area contributed by atoms with Crippen molar-refractivity contribution in [3.63, 3.8) is 0 Å². The molecule has 3 aromatic rings. The van der Waals surface area contributed by atoms with Crippen LogP contribution in [0.3, 0.4) is 0 Å². The Bertz CT molecular complexity index is 1330. The van der Waals surface area contributed by atoms with Crippen LogP contribution in [0.1, 0.15) is 48.5 Å². The predicted molar refractivity (Wildman–Crippen MR) is 127 cm³/mol. The van der Waals surface area contributed by atoms with E-state index in [1.54, 1.807) is 19.5 Å². The second-order valence-electron chi connectivity index (χ2n) is 9.32. The standard InChI is InChI=1S/C27H26F3N3O3/c1-15-13-32(14-31-15)22-7-3-16(10-24(22)36-2)9-17-4-5-19-6-8-23(34)26(33(19)27(17)35)18-11-20(28)25(30)21(29)12-18/h3,7,9-14,19,23,26,34H,4-6,8H2,1-2H3/b17-9+/t19-,23+,26-/m1/s1. The zero-order valence-electron chi connectivity index (χ0n) is 19.9. The van der Waals surface area contributed by atoms with E-state index in [9.17, 15) is 23.1 Å². The number of amides is 1. The Labute approximate surface area is 206 Å². The minimum absolute atomic E-state index is 0.0415. The summed E-state index contributed by atoms with van der Waals surface area (Å²) in [6.45, 7) is 1.89. The fourth-order valence-corrected chi connectivity index (χ4v) is 5.26. The van der Waals surface area contributed by atoms with Crippen molar-refractivity contribution < 1.29 is 27.8 Å². The van der Waals surface area contributed by atoms with E-state index in [0.717, 1.165) is 29.1 Å². The molecular weight excluding hydrogens is 471 g/mol. The first kappa shape index (κ1) is 24.1. The number of hydrogen-bond acceptors (Lipinski definition) is 4. The number of ether oxygens (including phenoxy) is 1. The highest BCUT2D eigenvalue weighted by Crippen LogP contribution is 2.41. The number of carbonyl (C=O) groups excluding carboxylic acids is 1. The maximum absolute atomic E-state index is 14.0. The molecule has 3 atom stereocenters. The van der Waals surface area contributed by atoms with E-state index in [4.69, 9.17) is 4.74 Å². The highest BCUT2D eigenvalue weighted by molar-refractivity contribution is 5.99. The van der Waals surface area contributed by atoms with Crippen molar-refractivity contribution >= 4 is 12.0 Å². The number of aryl methyl sites for hydroxylation is 1. The quantitative estimate of drug-likeness (QED) is 0.412. The molecule has 0 radical (unpaired) electrons. The summed E-state index contributed by atoms with van der Waals surface area (Å²) in [7, 11) is 1.57. The molecule has 6 nitrogen and oxygen atoms in total. The number of halogens is 3. The van der Waals surface area contributed by atoms with Gasteiger partial charge in [0.05, 0.1) is 37.0 Å². The normalized spacial score (nSPS) is 23.2. The van der Waals surface area contributed by atoms with Crippen molar-refractivity contribution in [3.05, 3.63) is 82.7 Å². The minimum Gasteiger partial charge on any atom is -0.495 e. The Morgan fingerprint density at radius 2 is 1.86 bits per heavy atom. The predicted octanol–water partition coefficient (Wildman–Crippen LogP) is 4.88. The van der Waals surface area contributed by atoms with Crippen LogP contribution in [0.5, 0.6) is 5.75 Å². The molecular formula is C27H26F3N3O3. The number of imidazole rings is 1. The number of methoxy groups -OCH3 is 1. The van der Waals surface area contributed by atoms with Crippen LogP contribution in [-0.2, 0) is 4.79 Å². The summed E-state index contributed by atoms with van der Waals surface area (Å²) in [6.07, 6.45) is 6.46. The number of fused-ring (bicyclic) bond motifs is 1. The average Bonchev–Trinajstić information content (AvgIpc) is 3.30. The number of nitrogens with zero attached hydrogens (tertiary/aromatic N) is 3. The summed E-state index contributed by atoms with van der Waals surface area (Å²) in [5, 5.41) is 10.7. The summed E-state index contributed by atoms with van der Waals surface area (Å²) in [4.78, 5) is 19.4. The largest absolute Gasteiger partial charge is 0.495 e. The molecule has 1 amide bonds. The Kier molecular flexibility index (Phi) is 6.34. The second kappa shape index (κ2) is 9.46. The molecule has 0 bridgehead atoms. The molecule has 2 saturated heterocycles. The maximum Gasteiger partial charge on any atom is 0.250 e. The third-order valence-corrected chi connectivity index (χ3v) is 6.99. The van der Waals surface area contributed by atoms with E-state index in [0.29, 0.717) is 37.0 Å². The van der Waals surface area contributed by atoms with Crippen LogP contribution in [0.15, 0.2) is 48.4 Å². The van der Waals surface area contributed by atoms with Crippen molar-refractivity contribution in [2.75, 3.05) is 7.11 Å². The number of hydrogen-bond donors (Lipinski definition) is 1. The van der Waals surface area contributed by atoms with E-state index in [1.165, 1.54) is 4.90 Å².